The van der Waals surface area contributed by atoms with Gasteiger partial charge in [-0.3, -0.25) is 4.90 Å². The summed E-state index contributed by atoms with van der Waals surface area (Å²) in [4.78, 5) is 2.57. The van der Waals surface area contributed by atoms with Crippen LogP contribution in [0.3, 0.4) is 0 Å². The monoisotopic (exact) mass is 310 g/mol. The average Bonchev–Trinajstić information content (AvgIpc) is 3.16. The van der Waals surface area contributed by atoms with Crippen LogP contribution in [-0.2, 0) is 0 Å². The molecule has 3 heteroatoms. The van der Waals surface area contributed by atoms with Crippen LogP contribution >= 0.6 is 15.9 Å². The minimum Gasteiger partial charge on any atom is -0.329 e. The highest BCUT2D eigenvalue weighted by Crippen LogP contribution is 2.34. The summed E-state index contributed by atoms with van der Waals surface area (Å²) in [6, 6.07) is 8.81. The van der Waals surface area contributed by atoms with Gasteiger partial charge in [-0.15, -0.1) is 0 Å². The highest BCUT2D eigenvalue weighted by atomic mass is 79.9. The Labute approximate surface area is 119 Å². The fourth-order valence-electron chi connectivity index (χ4n) is 2.51. The molecular weight excluding hydrogens is 288 g/mol. The van der Waals surface area contributed by atoms with Gasteiger partial charge in [0, 0.05) is 23.6 Å². The van der Waals surface area contributed by atoms with Crippen LogP contribution < -0.4 is 5.73 Å². The number of benzene rings is 1. The van der Waals surface area contributed by atoms with E-state index in [4.69, 9.17) is 5.73 Å². The summed E-state index contributed by atoms with van der Waals surface area (Å²) in [6.45, 7) is 5.28. The van der Waals surface area contributed by atoms with Crippen LogP contribution in [0.25, 0.3) is 0 Å². The Morgan fingerprint density at radius 2 is 2.11 bits per heavy atom. The SMILES string of the molecule is CCCN(CC1CC1)C(CN)c1ccccc1Br. The quantitative estimate of drug-likeness (QED) is 0.834. The number of nitrogens with two attached hydrogens (primary N) is 1. The van der Waals surface area contributed by atoms with E-state index in [2.05, 4.69) is 52.0 Å². The van der Waals surface area contributed by atoms with Crippen LogP contribution in [0.2, 0.25) is 0 Å². The third-order valence-electron chi connectivity index (χ3n) is 3.63. The zero-order chi connectivity index (χ0) is 13.0. The molecule has 0 aliphatic heterocycles. The van der Waals surface area contributed by atoms with Crippen molar-refractivity contribution < 1.29 is 0 Å². The summed E-state index contributed by atoms with van der Waals surface area (Å²) in [5.41, 5.74) is 7.37. The fraction of sp³-hybridized carbons (Fsp3) is 0.600. The van der Waals surface area contributed by atoms with Gasteiger partial charge < -0.3 is 5.73 Å². The normalized spacial score (nSPS) is 17.1. The first kappa shape index (κ1) is 14.0. The van der Waals surface area contributed by atoms with E-state index >= 15 is 0 Å². The Morgan fingerprint density at radius 1 is 1.39 bits per heavy atom. The molecule has 0 aromatic heterocycles. The highest BCUT2D eigenvalue weighted by Gasteiger charge is 2.28. The molecule has 18 heavy (non-hydrogen) atoms. The Hall–Kier alpha value is -0.380. The van der Waals surface area contributed by atoms with Gasteiger partial charge in [0.05, 0.1) is 0 Å². The van der Waals surface area contributed by atoms with Gasteiger partial charge in [-0.25, -0.2) is 0 Å². The Bertz CT molecular complexity index is 377. The fourth-order valence-corrected chi connectivity index (χ4v) is 3.06. The minimum atomic E-state index is 0.348. The zero-order valence-electron chi connectivity index (χ0n) is 11.1. The van der Waals surface area contributed by atoms with Crippen molar-refractivity contribution in [1.82, 2.24) is 4.90 Å². The van der Waals surface area contributed by atoms with Crippen molar-refractivity contribution in [3.05, 3.63) is 34.3 Å². The Morgan fingerprint density at radius 3 is 2.67 bits per heavy atom. The second-order valence-electron chi connectivity index (χ2n) is 5.21. The molecule has 2 rings (SSSR count). The van der Waals surface area contributed by atoms with E-state index in [0.29, 0.717) is 12.6 Å². The lowest BCUT2D eigenvalue weighted by molar-refractivity contribution is 0.193. The van der Waals surface area contributed by atoms with Gasteiger partial charge in [-0.05, 0) is 43.4 Å². The summed E-state index contributed by atoms with van der Waals surface area (Å²) in [5.74, 6) is 0.910. The van der Waals surface area contributed by atoms with E-state index in [9.17, 15) is 0 Å². The highest BCUT2D eigenvalue weighted by molar-refractivity contribution is 9.10. The third-order valence-corrected chi connectivity index (χ3v) is 4.35. The van der Waals surface area contributed by atoms with Gasteiger partial charge in [-0.1, -0.05) is 41.1 Å². The van der Waals surface area contributed by atoms with E-state index in [-0.39, 0.29) is 0 Å². The van der Waals surface area contributed by atoms with Crippen molar-refractivity contribution in [3.8, 4) is 0 Å². The third kappa shape index (κ3) is 3.56. The van der Waals surface area contributed by atoms with Crippen LogP contribution in [0.5, 0.6) is 0 Å². The lowest BCUT2D eigenvalue weighted by atomic mass is 10.0. The summed E-state index contributed by atoms with van der Waals surface area (Å²) in [5, 5.41) is 0. The molecule has 0 radical (unpaired) electrons. The maximum Gasteiger partial charge on any atom is 0.0481 e. The molecule has 1 unspecified atom stereocenters. The standard InChI is InChI=1S/C15H23BrN2/c1-2-9-18(11-12-7-8-12)15(10-17)13-5-3-4-6-14(13)16/h3-6,12,15H,2,7-11,17H2,1H3. The Kier molecular flexibility index (Phi) is 5.22. The topological polar surface area (TPSA) is 29.3 Å². The number of nitrogens with zero attached hydrogens (tertiary/aromatic N) is 1. The summed E-state index contributed by atoms with van der Waals surface area (Å²) in [7, 11) is 0. The van der Waals surface area contributed by atoms with E-state index in [1.807, 2.05) is 0 Å². The maximum absolute atomic E-state index is 6.04. The Balaban J connectivity index is 2.15. The molecule has 1 atom stereocenters. The molecule has 0 saturated heterocycles. The van der Waals surface area contributed by atoms with Crippen molar-refractivity contribution in [2.24, 2.45) is 11.7 Å². The smallest absolute Gasteiger partial charge is 0.0481 e. The van der Waals surface area contributed by atoms with Crippen LogP contribution in [0.15, 0.2) is 28.7 Å². The molecule has 0 spiro atoms. The summed E-state index contributed by atoms with van der Waals surface area (Å²) < 4.78 is 1.18. The van der Waals surface area contributed by atoms with Crippen LogP contribution in [0.4, 0.5) is 0 Å². The van der Waals surface area contributed by atoms with Crippen LogP contribution in [-0.4, -0.2) is 24.5 Å². The van der Waals surface area contributed by atoms with E-state index in [1.165, 1.54) is 35.8 Å². The van der Waals surface area contributed by atoms with Gasteiger partial charge >= 0.3 is 0 Å². The lowest BCUT2D eigenvalue weighted by Crippen LogP contribution is -2.36. The van der Waals surface area contributed by atoms with E-state index < -0.39 is 0 Å². The average molecular weight is 311 g/mol. The molecule has 0 heterocycles. The zero-order valence-corrected chi connectivity index (χ0v) is 12.7. The van der Waals surface area contributed by atoms with Gasteiger partial charge in [-0.2, -0.15) is 0 Å². The molecule has 1 aliphatic carbocycles. The second-order valence-corrected chi connectivity index (χ2v) is 6.07. The maximum atomic E-state index is 6.04. The molecule has 2 nitrogen and oxygen atoms in total. The summed E-state index contributed by atoms with van der Waals surface area (Å²) >= 11 is 3.66. The van der Waals surface area contributed by atoms with Crippen molar-refractivity contribution in [2.45, 2.75) is 32.2 Å². The number of hydrogen-bond donors (Lipinski definition) is 1. The first-order valence-corrected chi connectivity index (χ1v) is 7.74. The predicted octanol–water partition coefficient (Wildman–Crippen LogP) is 3.57. The first-order valence-electron chi connectivity index (χ1n) is 6.94. The van der Waals surface area contributed by atoms with Crippen LogP contribution in [0, 0.1) is 5.92 Å². The second kappa shape index (κ2) is 6.69. The molecular formula is C15H23BrN2. The molecule has 0 amide bonds. The van der Waals surface area contributed by atoms with Crippen LogP contribution in [0.1, 0.15) is 37.8 Å². The van der Waals surface area contributed by atoms with Gasteiger partial charge in [0.15, 0.2) is 0 Å². The van der Waals surface area contributed by atoms with Crippen molar-refractivity contribution in [1.29, 1.82) is 0 Å². The molecule has 0 bridgehead atoms. The molecule has 1 aromatic carbocycles. The van der Waals surface area contributed by atoms with Crippen molar-refractivity contribution in [2.75, 3.05) is 19.6 Å². The molecule has 1 aliphatic rings. The predicted molar refractivity (Wildman–Crippen MR) is 80.5 cm³/mol. The molecule has 1 aromatic rings. The number of hydrogen-bond acceptors (Lipinski definition) is 2. The molecule has 1 saturated carbocycles. The number of halogens is 1. The van der Waals surface area contributed by atoms with Gasteiger partial charge in [0.2, 0.25) is 0 Å². The van der Waals surface area contributed by atoms with Gasteiger partial charge in [0.1, 0.15) is 0 Å². The minimum absolute atomic E-state index is 0.348. The van der Waals surface area contributed by atoms with E-state index in [1.54, 1.807) is 0 Å². The molecule has 100 valence electrons. The van der Waals surface area contributed by atoms with Gasteiger partial charge in [0.25, 0.3) is 0 Å². The summed E-state index contributed by atoms with van der Waals surface area (Å²) in [6.07, 6.45) is 3.98. The van der Waals surface area contributed by atoms with Crippen molar-refractivity contribution >= 4 is 15.9 Å². The lowest BCUT2D eigenvalue weighted by Gasteiger charge is -2.31. The first-order chi connectivity index (χ1) is 8.76. The largest absolute Gasteiger partial charge is 0.329 e. The van der Waals surface area contributed by atoms with E-state index in [0.717, 1.165) is 12.5 Å². The van der Waals surface area contributed by atoms with Crippen molar-refractivity contribution in [3.63, 3.8) is 0 Å². The molecule has 2 N–H and O–H groups in total. The number of rotatable bonds is 7. The molecule has 1 fully saturated rings.